The number of carbonyl (C=O) groups excluding carboxylic acids is 1. The van der Waals surface area contributed by atoms with Crippen molar-refractivity contribution >= 4 is 38.5 Å². The molecule has 36 heavy (non-hydrogen) atoms. The van der Waals surface area contributed by atoms with E-state index in [1.54, 1.807) is 39.0 Å². The van der Waals surface area contributed by atoms with Gasteiger partial charge in [-0.15, -0.1) is 0 Å². The Morgan fingerprint density at radius 2 is 1.75 bits per heavy atom. The van der Waals surface area contributed by atoms with Crippen LogP contribution in [0.1, 0.15) is 46.5 Å². The van der Waals surface area contributed by atoms with Crippen LogP contribution >= 0.6 is 0 Å². The number of hydrogen-bond donors (Lipinski definition) is 2. The van der Waals surface area contributed by atoms with E-state index in [-0.39, 0.29) is 34.0 Å². The maximum Gasteiger partial charge on any atom is 0.407 e. The van der Waals surface area contributed by atoms with Gasteiger partial charge in [-0.1, -0.05) is 18.2 Å². The fourth-order valence-corrected chi connectivity index (χ4v) is 5.63. The second-order valence-electron chi connectivity index (χ2n) is 9.78. The Labute approximate surface area is 209 Å². The Bertz CT molecular complexity index is 1370. The van der Waals surface area contributed by atoms with Crippen molar-refractivity contribution in [1.82, 2.24) is 14.3 Å². The molecule has 11 nitrogen and oxygen atoms in total. The van der Waals surface area contributed by atoms with Gasteiger partial charge in [0.25, 0.3) is 10.0 Å². The SMILES string of the molecule is CC(C)(C)OC(=O)NC1CCC(Nc2c([N+](=O)[O-])cnc3c2ccn3S(=O)(=O)c2ccccc2)CC1. The molecular weight excluding hydrogens is 486 g/mol. The number of ether oxygens (including phenoxy) is 1. The molecule has 192 valence electrons. The minimum Gasteiger partial charge on any atom is -0.444 e. The summed E-state index contributed by atoms with van der Waals surface area (Å²) in [4.78, 5) is 27.5. The van der Waals surface area contributed by atoms with Gasteiger partial charge in [0.1, 0.15) is 17.5 Å². The molecular formula is C24H29N5O6S. The number of nitrogens with one attached hydrogen (secondary N) is 2. The Morgan fingerprint density at radius 1 is 1.11 bits per heavy atom. The van der Waals surface area contributed by atoms with E-state index in [4.69, 9.17) is 4.74 Å². The first kappa shape index (κ1) is 25.4. The minimum absolute atomic E-state index is 0.0533. The topological polar surface area (TPSA) is 145 Å². The van der Waals surface area contributed by atoms with E-state index in [0.29, 0.717) is 31.1 Å². The number of rotatable bonds is 6. The Kier molecular flexibility index (Phi) is 6.90. The quantitative estimate of drug-likeness (QED) is 0.362. The first-order valence-electron chi connectivity index (χ1n) is 11.7. The molecule has 0 aliphatic heterocycles. The van der Waals surface area contributed by atoms with E-state index in [9.17, 15) is 23.3 Å². The summed E-state index contributed by atoms with van der Waals surface area (Å²) in [5.41, 5.74) is -0.479. The molecule has 0 bridgehead atoms. The maximum atomic E-state index is 13.2. The lowest BCUT2D eigenvalue weighted by molar-refractivity contribution is -0.384. The Morgan fingerprint density at radius 3 is 2.36 bits per heavy atom. The number of hydrogen-bond acceptors (Lipinski definition) is 8. The van der Waals surface area contributed by atoms with Crippen molar-refractivity contribution in [1.29, 1.82) is 0 Å². The molecule has 1 fully saturated rings. The molecule has 1 amide bonds. The number of carbonyl (C=O) groups is 1. The number of anilines is 1. The molecule has 1 aliphatic rings. The fraction of sp³-hybridized carbons (Fsp3) is 0.417. The van der Waals surface area contributed by atoms with Gasteiger partial charge in [-0.25, -0.2) is 22.2 Å². The number of nitrogens with zero attached hydrogens (tertiary/aromatic N) is 3. The molecule has 1 aliphatic carbocycles. The zero-order valence-electron chi connectivity index (χ0n) is 20.3. The minimum atomic E-state index is -3.93. The van der Waals surface area contributed by atoms with Crippen molar-refractivity contribution in [2.24, 2.45) is 0 Å². The third kappa shape index (κ3) is 5.43. The van der Waals surface area contributed by atoms with Crippen molar-refractivity contribution in [2.45, 2.75) is 69.0 Å². The molecule has 2 heterocycles. The van der Waals surface area contributed by atoms with Crippen molar-refractivity contribution in [3.63, 3.8) is 0 Å². The molecule has 3 aromatic rings. The zero-order chi connectivity index (χ0) is 26.1. The lowest BCUT2D eigenvalue weighted by Crippen LogP contribution is -2.42. The molecule has 12 heteroatoms. The van der Waals surface area contributed by atoms with E-state index in [1.807, 2.05) is 0 Å². The normalized spacial score (nSPS) is 18.5. The maximum absolute atomic E-state index is 13.2. The summed E-state index contributed by atoms with van der Waals surface area (Å²) in [5, 5.41) is 18.2. The molecule has 0 unspecified atom stereocenters. The van der Waals surface area contributed by atoms with Crippen molar-refractivity contribution in [3.8, 4) is 0 Å². The number of amides is 1. The molecule has 0 saturated heterocycles. The molecule has 0 spiro atoms. The van der Waals surface area contributed by atoms with Crippen LogP contribution in [-0.4, -0.2) is 46.1 Å². The summed E-state index contributed by atoms with van der Waals surface area (Å²) in [6, 6.07) is 9.30. The molecule has 4 rings (SSSR count). The second kappa shape index (κ2) is 9.76. The number of fused-ring (bicyclic) bond motifs is 1. The molecule has 0 radical (unpaired) electrons. The van der Waals surface area contributed by atoms with E-state index in [0.717, 1.165) is 10.2 Å². The van der Waals surface area contributed by atoms with Gasteiger partial charge in [0.2, 0.25) is 0 Å². The smallest absolute Gasteiger partial charge is 0.407 e. The van der Waals surface area contributed by atoms with Gasteiger partial charge in [-0.3, -0.25) is 10.1 Å². The van der Waals surface area contributed by atoms with Crippen LogP contribution in [0.25, 0.3) is 11.0 Å². The van der Waals surface area contributed by atoms with E-state index >= 15 is 0 Å². The van der Waals surface area contributed by atoms with Crippen LogP contribution in [0.5, 0.6) is 0 Å². The van der Waals surface area contributed by atoms with Gasteiger partial charge < -0.3 is 15.4 Å². The third-order valence-corrected chi connectivity index (χ3v) is 7.63. The Balaban J connectivity index is 1.56. The largest absolute Gasteiger partial charge is 0.444 e. The van der Waals surface area contributed by atoms with Gasteiger partial charge in [-0.05, 0) is 64.7 Å². The number of alkyl carbamates (subject to hydrolysis) is 1. The average Bonchev–Trinajstić information content (AvgIpc) is 3.25. The zero-order valence-corrected chi connectivity index (χ0v) is 21.1. The summed E-state index contributed by atoms with van der Waals surface area (Å²) in [6.07, 6.45) is 4.62. The average molecular weight is 516 g/mol. The van der Waals surface area contributed by atoms with Crippen LogP contribution in [0.2, 0.25) is 0 Å². The standard InChI is InChI=1S/C24H29N5O6S/c1-24(2,3)35-23(30)27-17-11-9-16(10-12-17)26-21-19-13-14-28(22(19)25-15-20(21)29(31)32)36(33,34)18-7-5-4-6-8-18/h4-8,13-17H,9-12H2,1-3H3,(H,25,26)(H,27,30). The van der Waals surface area contributed by atoms with Crippen LogP contribution in [0, 0.1) is 10.1 Å². The number of aromatic nitrogens is 2. The van der Waals surface area contributed by atoms with Gasteiger partial charge in [0.15, 0.2) is 5.65 Å². The third-order valence-electron chi connectivity index (χ3n) is 5.95. The molecule has 1 saturated carbocycles. The first-order valence-corrected chi connectivity index (χ1v) is 13.1. The van der Waals surface area contributed by atoms with Crippen molar-refractivity contribution < 1.29 is 22.9 Å². The Hall–Kier alpha value is -3.67. The molecule has 2 aromatic heterocycles. The van der Waals surface area contributed by atoms with Gasteiger partial charge in [-0.2, -0.15) is 0 Å². The van der Waals surface area contributed by atoms with Crippen LogP contribution in [0.4, 0.5) is 16.2 Å². The fourth-order valence-electron chi connectivity index (χ4n) is 4.30. The summed E-state index contributed by atoms with van der Waals surface area (Å²) in [7, 11) is -3.93. The number of benzene rings is 1. The predicted octanol–water partition coefficient (Wildman–Crippen LogP) is 4.43. The van der Waals surface area contributed by atoms with E-state index in [1.165, 1.54) is 24.4 Å². The predicted molar refractivity (Wildman–Crippen MR) is 134 cm³/mol. The van der Waals surface area contributed by atoms with Gasteiger partial charge >= 0.3 is 11.8 Å². The van der Waals surface area contributed by atoms with Gasteiger partial charge in [0.05, 0.1) is 15.2 Å². The van der Waals surface area contributed by atoms with Crippen LogP contribution in [0.15, 0.2) is 53.7 Å². The first-order chi connectivity index (χ1) is 17.0. The van der Waals surface area contributed by atoms with Gasteiger partial charge in [0, 0.05) is 18.3 Å². The lowest BCUT2D eigenvalue weighted by Gasteiger charge is -2.31. The summed E-state index contributed by atoms with van der Waals surface area (Å²) in [5.74, 6) is 0. The van der Waals surface area contributed by atoms with Crippen molar-refractivity contribution in [3.05, 3.63) is 58.9 Å². The molecule has 2 N–H and O–H groups in total. The number of pyridine rings is 1. The van der Waals surface area contributed by atoms with Crippen LogP contribution < -0.4 is 10.6 Å². The summed E-state index contributed by atoms with van der Waals surface area (Å²) in [6.45, 7) is 5.40. The highest BCUT2D eigenvalue weighted by atomic mass is 32.2. The van der Waals surface area contributed by atoms with E-state index in [2.05, 4.69) is 15.6 Å². The molecule has 1 aromatic carbocycles. The number of nitro groups is 1. The summed E-state index contributed by atoms with van der Waals surface area (Å²) < 4.78 is 32.7. The highest BCUT2D eigenvalue weighted by Crippen LogP contribution is 2.35. The summed E-state index contributed by atoms with van der Waals surface area (Å²) >= 11 is 0. The highest BCUT2D eigenvalue weighted by Gasteiger charge is 2.29. The highest BCUT2D eigenvalue weighted by molar-refractivity contribution is 7.90. The monoisotopic (exact) mass is 515 g/mol. The second-order valence-corrected chi connectivity index (χ2v) is 11.6. The van der Waals surface area contributed by atoms with Crippen LogP contribution in [-0.2, 0) is 14.8 Å². The van der Waals surface area contributed by atoms with Crippen LogP contribution in [0.3, 0.4) is 0 Å². The lowest BCUT2D eigenvalue weighted by atomic mass is 9.91. The van der Waals surface area contributed by atoms with Crippen molar-refractivity contribution in [2.75, 3.05) is 5.32 Å². The van der Waals surface area contributed by atoms with E-state index < -0.39 is 26.6 Å². The molecule has 0 atom stereocenters.